The van der Waals surface area contributed by atoms with E-state index in [-0.39, 0.29) is 22.7 Å². The molecule has 20 heavy (non-hydrogen) atoms. The second-order valence-electron chi connectivity index (χ2n) is 4.85. The molecule has 1 unspecified atom stereocenters. The summed E-state index contributed by atoms with van der Waals surface area (Å²) < 4.78 is 0. The zero-order valence-electron chi connectivity index (χ0n) is 11.0. The SMILES string of the molecule is CN1CCC(NC(=O)Nc2ccc(Cl)c(C(=O)O)c2)C1. The number of hydrogen-bond acceptors (Lipinski definition) is 3. The van der Waals surface area contributed by atoms with Crippen molar-refractivity contribution in [2.45, 2.75) is 12.5 Å². The molecule has 1 aromatic rings. The summed E-state index contributed by atoms with van der Waals surface area (Å²) in [6.07, 6.45) is 0.908. The second-order valence-corrected chi connectivity index (χ2v) is 5.25. The fourth-order valence-corrected chi connectivity index (χ4v) is 2.37. The van der Waals surface area contributed by atoms with Crippen LogP contribution in [-0.2, 0) is 0 Å². The van der Waals surface area contributed by atoms with Crippen molar-refractivity contribution in [3.05, 3.63) is 28.8 Å². The van der Waals surface area contributed by atoms with Crippen molar-refractivity contribution < 1.29 is 14.7 Å². The Hall–Kier alpha value is -1.79. The number of amides is 2. The van der Waals surface area contributed by atoms with Crippen LogP contribution in [0, 0.1) is 0 Å². The van der Waals surface area contributed by atoms with Gasteiger partial charge in [0.2, 0.25) is 0 Å². The predicted molar refractivity (Wildman–Crippen MR) is 76.5 cm³/mol. The summed E-state index contributed by atoms with van der Waals surface area (Å²) in [4.78, 5) is 24.9. The van der Waals surface area contributed by atoms with Gasteiger partial charge >= 0.3 is 12.0 Å². The maximum atomic E-state index is 11.8. The number of carbonyl (C=O) groups excluding carboxylic acids is 1. The Bertz CT molecular complexity index is 536. The van der Waals surface area contributed by atoms with Crippen molar-refractivity contribution in [1.29, 1.82) is 0 Å². The van der Waals surface area contributed by atoms with Gasteiger partial charge in [-0.2, -0.15) is 0 Å². The number of benzene rings is 1. The Morgan fingerprint density at radius 3 is 2.80 bits per heavy atom. The first-order valence-corrected chi connectivity index (χ1v) is 6.62. The summed E-state index contributed by atoms with van der Waals surface area (Å²) >= 11 is 5.77. The van der Waals surface area contributed by atoms with E-state index in [1.165, 1.54) is 12.1 Å². The number of urea groups is 1. The topological polar surface area (TPSA) is 81.7 Å². The number of halogens is 1. The highest BCUT2D eigenvalue weighted by Crippen LogP contribution is 2.20. The lowest BCUT2D eigenvalue weighted by Gasteiger charge is -2.14. The number of nitrogens with zero attached hydrogens (tertiary/aromatic N) is 1. The number of likely N-dealkylation sites (N-methyl/N-ethyl adjacent to an activating group) is 1. The number of rotatable bonds is 3. The minimum atomic E-state index is -1.13. The van der Waals surface area contributed by atoms with Crippen LogP contribution in [-0.4, -0.2) is 48.2 Å². The third-order valence-electron chi connectivity index (χ3n) is 3.18. The molecule has 0 radical (unpaired) electrons. The van der Waals surface area contributed by atoms with Crippen LogP contribution < -0.4 is 10.6 Å². The van der Waals surface area contributed by atoms with E-state index in [9.17, 15) is 9.59 Å². The number of carboxylic acids is 1. The predicted octanol–water partition coefficient (Wildman–Crippen LogP) is 1.86. The molecule has 1 fully saturated rings. The molecule has 1 aliphatic heterocycles. The standard InChI is InChI=1S/C13H16ClN3O3/c1-17-5-4-9(7-17)16-13(20)15-8-2-3-11(14)10(6-8)12(18)19/h2-3,6,9H,4-5,7H2,1H3,(H,18,19)(H2,15,16,20). The van der Waals surface area contributed by atoms with Crippen molar-refractivity contribution >= 4 is 29.3 Å². The highest BCUT2D eigenvalue weighted by Gasteiger charge is 2.21. The van der Waals surface area contributed by atoms with Gasteiger partial charge in [-0.25, -0.2) is 9.59 Å². The highest BCUT2D eigenvalue weighted by molar-refractivity contribution is 6.33. The van der Waals surface area contributed by atoms with Crippen LogP contribution >= 0.6 is 11.6 Å². The number of aromatic carboxylic acids is 1. The van der Waals surface area contributed by atoms with E-state index < -0.39 is 5.97 Å². The normalized spacial score (nSPS) is 18.8. The van der Waals surface area contributed by atoms with E-state index in [2.05, 4.69) is 15.5 Å². The largest absolute Gasteiger partial charge is 0.478 e. The first-order chi connectivity index (χ1) is 9.45. The fraction of sp³-hybridized carbons (Fsp3) is 0.385. The molecule has 1 aliphatic rings. The maximum absolute atomic E-state index is 11.8. The second kappa shape index (κ2) is 6.11. The van der Waals surface area contributed by atoms with Gasteiger partial charge in [-0.3, -0.25) is 0 Å². The van der Waals surface area contributed by atoms with Crippen LogP contribution in [0.15, 0.2) is 18.2 Å². The Morgan fingerprint density at radius 1 is 1.45 bits per heavy atom. The van der Waals surface area contributed by atoms with Crippen molar-refractivity contribution in [3.63, 3.8) is 0 Å². The monoisotopic (exact) mass is 297 g/mol. The molecular formula is C13H16ClN3O3. The van der Waals surface area contributed by atoms with E-state index in [1.54, 1.807) is 6.07 Å². The molecule has 0 saturated carbocycles. The van der Waals surface area contributed by atoms with Crippen LogP contribution in [0.2, 0.25) is 5.02 Å². The van der Waals surface area contributed by atoms with E-state index >= 15 is 0 Å². The Labute approximate surface area is 121 Å². The number of carbonyl (C=O) groups is 2. The molecule has 2 rings (SSSR count). The summed E-state index contributed by atoms with van der Waals surface area (Å²) in [6, 6.07) is 4.12. The molecule has 0 aliphatic carbocycles. The molecule has 0 aromatic heterocycles. The zero-order valence-corrected chi connectivity index (χ0v) is 11.8. The average molecular weight is 298 g/mol. The van der Waals surface area contributed by atoms with Gasteiger partial charge in [0.25, 0.3) is 0 Å². The molecule has 2 amide bonds. The van der Waals surface area contributed by atoms with E-state index in [0.29, 0.717) is 5.69 Å². The van der Waals surface area contributed by atoms with Crippen LogP contribution in [0.25, 0.3) is 0 Å². The quantitative estimate of drug-likeness (QED) is 0.795. The lowest BCUT2D eigenvalue weighted by atomic mass is 10.2. The Balaban J connectivity index is 1.97. The van der Waals surface area contributed by atoms with Gasteiger partial charge in [0.05, 0.1) is 10.6 Å². The van der Waals surface area contributed by atoms with Gasteiger partial charge in [-0.15, -0.1) is 0 Å². The van der Waals surface area contributed by atoms with Crippen molar-refractivity contribution in [2.24, 2.45) is 0 Å². The molecule has 1 atom stereocenters. The number of likely N-dealkylation sites (tertiary alicyclic amines) is 1. The van der Waals surface area contributed by atoms with Gasteiger partial charge in [-0.05, 0) is 38.2 Å². The van der Waals surface area contributed by atoms with Gasteiger partial charge in [0, 0.05) is 18.3 Å². The first-order valence-electron chi connectivity index (χ1n) is 6.24. The smallest absolute Gasteiger partial charge is 0.337 e. The lowest BCUT2D eigenvalue weighted by molar-refractivity contribution is 0.0697. The number of hydrogen-bond donors (Lipinski definition) is 3. The van der Waals surface area contributed by atoms with Crippen molar-refractivity contribution in [3.8, 4) is 0 Å². The molecule has 7 heteroatoms. The molecule has 1 heterocycles. The minimum absolute atomic E-state index is 0.0370. The van der Waals surface area contributed by atoms with Crippen LogP contribution in [0.1, 0.15) is 16.8 Å². The Kier molecular flexibility index (Phi) is 4.46. The van der Waals surface area contributed by atoms with Crippen LogP contribution in [0.3, 0.4) is 0 Å². The van der Waals surface area contributed by atoms with E-state index in [1.807, 2.05) is 7.05 Å². The minimum Gasteiger partial charge on any atom is -0.478 e. The molecule has 0 bridgehead atoms. The van der Waals surface area contributed by atoms with Gasteiger partial charge in [0.1, 0.15) is 0 Å². The number of carboxylic acid groups (broad SMARTS) is 1. The maximum Gasteiger partial charge on any atom is 0.337 e. The summed E-state index contributed by atoms with van der Waals surface area (Å²) in [5.41, 5.74) is 0.362. The number of nitrogens with one attached hydrogen (secondary N) is 2. The van der Waals surface area contributed by atoms with Crippen LogP contribution in [0.5, 0.6) is 0 Å². The molecule has 1 saturated heterocycles. The highest BCUT2D eigenvalue weighted by atomic mass is 35.5. The van der Waals surface area contributed by atoms with Crippen molar-refractivity contribution in [2.75, 3.05) is 25.5 Å². The first kappa shape index (κ1) is 14.6. The third-order valence-corrected chi connectivity index (χ3v) is 3.51. The van der Waals surface area contributed by atoms with Gasteiger partial charge in [0.15, 0.2) is 0 Å². The Morgan fingerprint density at radius 2 is 2.20 bits per heavy atom. The zero-order chi connectivity index (χ0) is 14.7. The molecule has 108 valence electrons. The van der Waals surface area contributed by atoms with Crippen molar-refractivity contribution in [1.82, 2.24) is 10.2 Å². The van der Waals surface area contributed by atoms with E-state index in [4.69, 9.17) is 16.7 Å². The van der Waals surface area contributed by atoms with Gasteiger partial charge in [-0.1, -0.05) is 11.6 Å². The molecule has 6 nitrogen and oxygen atoms in total. The number of anilines is 1. The molecule has 1 aromatic carbocycles. The van der Waals surface area contributed by atoms with Gasteiger partial charge < -0.3 is 20.6 Å². The summed E-state index contributed by atoms with van der Waals surface area (Å²) in [5.74, 6) is -1.13. The average Bonchev–Trinajstić information content (AvgIpc) is 2.76. The summed E-state index contributed by atoms with van der Waals surface area (Å²) in [5, 5.41) is 14.6. The van der Waals surface area contributed by atoms with Crippen LogP contribution in [0.4, 0.5) is 10.5 Å². The summed E-state index contributed by atoms with van der Waals surface area (Å²) in [6.45, 7) is 1.77. The molecule has 3 N–H and O–H groups in total. The molecular weight excluding hydrogens is 282 g/mol. The van der Waals surface area contributed by atoms with E-state index in [0.717, 1.165) is 19.5 Å². The molecule has 0 spiro atoms. The lowest BCUT2D eigenvalue weighted by Crippen LogP contribution is -2.39. The summed E-state index contributed by atoms with van der Waals surface area (Å²) in [7, 11) is 2.00. The fourth-order valence-electron chi connectivity index (χ4n) is 2.17. The third kappa shape index (κ3) is 3.61.